The molecule has 34 heavy (non-hydrogen) atoms. The lowest BCUT2D eigenvalue weighted by Gasteiger charge is -2.37. The van der Waals surface area contributed by atoms with Gasteiger partial charge in [-0.25, -0.2) is 0 Å². The van der Waals surface area contributed by atoms with Crippen molar-refractivity contribution in [3.8, 4) is 11.4 Å². The first-order chi connectivity index (χ1) is 16.5. The SMILES string of the molecule is CCc1nc(-c2ccc(N3CCN(C(=O)C4CC(=O)N(c5ccc(C)cc5)C4)CC3)cc2)no1. The second-order valence-corrected chi connectivity index (χ2v) is 8.97. The number of hydrogen-bond acceptors (Lipinski definition) is 6. The number of aryl methyl sites for hydroxylation is 2. The molecule has 3 heterocycles. The van der Waals surface area contributed by atoms with Crippen LogP contribution in [-0.4, -0.2) is 59.6 Å². The lowest BCUT2D eigenvalue weighted by molar-refractivity contribution is -0.136. The minimum atomic E-state index is -0.275. The number of benzene rings is 2. The molecule has 176 valence electrons. The Morgan fingerprint density at radius 2 is 1.68 bits per heavy atom. The van der Waals surface area contributed by atoms with E-state index >= 15 is 0 Å². The van der Waals surface area contributed by atoms with Crippen LogP contribution in [0.4, 0.5) is 11.4 Å². The van der Waals surface area contributed by atoms with E-state index in [1.54, 1.807) is 4.90 Å². The third-order valence-electron chi connectivity index (χ3n) is 6.67. The zero-order valence-electron chi connectivity index (χ0n) is 19.6. The smallest absolute Gasteiger partial charge is 0.228 e. The minimum absolute atomic E-state index is 0.0218. The molecule has 5 rings (SSSR count). The Hall–Kier alpha value is -3.68. The highest BCUT2D eigenvalue weighted by Gasteiger charge is 2.38. The average Bonchev–Trinajstić information content (AvgIpc) is 3.51. The van der Waals surface area contributed by atoms with Crippen molar-refractivity contribution in [3.63, 3.8) is 0 Å². The molecule has 2 saturated heterocycles. The standard InChI is InChI=1S/C26H29N5O3/c1-3-23-27-25(28-34-23)19-6-10-21(11-7-19)29-12-14-30(15-13-29)26(33)20-16-24(32)31(17-20)22-8-4-18(2)5-9-22/h4-11,20H,3,12-17H2,1-2H3. The first-order valence-electron chi connectivity index (χ1n) is 11.9. The molecular formula is C26H29N5O3. The molecule has 2 aliphatic rings. The number of carbonyl (C=O) groups excluding carboxylic acids is 2. The summed E-state index contributed by atoms with van der Waals surface area (Å²) in [7, 11) is 0. The molecule has 1 aromatic heterocycles. The van der Waals surface area contributed by atoms with Gasteiger partial charge in [0.2, 0.25) is 23.5 Å². The van der Waals surface area contributed by atoms with Gasteiger partial charge in [-0.05, 0) is 43.3 Å². The van der Waals surface area contributed by atoms with Crippen molar-refractivity contribution in [2.75, 3.05) is 42.5 Å². The fourth-order valence-electron chi connectivity index (χ4n) is 4.63. The summed E-state index contributed by atoms with van der Waals surface area (Å²) in [6, 6.07) is 16.0. The van der Waals surface area contributed by atoms with Gasteiger partial charge in [0.15, 0.2) is 0 Å². The Labute approximate surface area is 199 Å². The Morgan fingerprint density at radius 1 is 1.00 bits per heavy atom. The van der Waals surface area contributed by atoms with E-state index in [0.717, 1.165) is 35.6 Å². The zero-order valence-corrected chi connectivity index (χ0v) is 19.6. The van der Waals surface area contributed by atoms with Gasteiger partial charge in [0.1, 0.15) is 0 Å². The second-order valence-electron chi connectivity index (χ2n) is 8.97. The van der Waals surface area contributed by atoms with Crippen molar-refractivity contribution < 1.29 is 14.1 Å². The van der Waals surface area contributed by atoms with Crippen molar-refractivity contribution in [2.45, 2.75) is 26.7 Å². The van der Waals surface area contributed by atoms with Crippen molar-refractivity contribution in [1.82, 2.24) is 15.0 Å². The van der Waals surface area contributed by atoms with Gasteiger partial charge in [-0.15, -0.1) is 0 Å². The highest BCUT2D eigenvalue weighted by atomic mass is 16.5. The number of carbonyl (C=O) groups is 2. The maximum absolute atomic E-state index is 13.2. The van der Waals surface area contributed by atoms with Crippen LogP contribution in [0.5, 0.6) is 0 Å². The molecule has 8 heteroatoms. The molecule has 2 aliphatic heterocycles. The molecule has 2 fully saturated rings. The van der Waals surface area contributed by atoms with Crippen LogP contribution in [0.3, 0.4) is 0 Å². The van der Waals surface area contributed by atoms with Gasteiger partial charge >= 0.3 is 0 Å². The summed E-state index contributed by atoms with van der Waals surface area (Å²) in [5.74, 6) is 1.06. The van der Waals surface area contributed by atoms with Crippen molar-refractivity contribution in [2.24, 2.45) is 5.92 Å². The molecule has 3 aromatic rings. The summed E-state index contributed by atoms with van der Waals surface area (Å²) in [6.45, 7) is 7.28. The zero-order chi connectivity index (χ0) is 23.7. The predicted molar refractivity (Wildman–Crippen MR) is 130 cm³/mol. The molecule has 2 amide bonds. The van der Waals surface area contributed by atoms with Crippen LogP contribution < -0.4 is 9.80 Å². The van der Waals surface area contributed by atoms with Gasteiger partial charge in [-0.2, -0.15) is 4.98 Å². The molecule has 2 aromatic carbocycles. The van der Waals surface area contributed by atoms with Crippen molar-refractivity contribution >= 4 is 23.2 Å². The van der Waals surface area contributed by atoms with E-state index in [1.807, 2.05) is 55.1 Å². The molecule has 1 unspecified atom stereocenters. The van der Waals surface area contributed by atoms with E-state index in [1.165, 1.54) is 0 Å². The van der Waals surface area contributed by atoms with E-state index in [9.17, 15) is 9.59 Å². The maximum atomic E-state index is 13.2. The maximum Gasteiger partial charge on any atom is 0.228 e. The Morgan fingerprint density at radius 3 is 2.32 bits per heavy atom. The van der Waals surface area contributed by atoms with E-state index in [4.69, 9.17) is 4.52 Å². The van der Waals surface area contributed by atoms with Gasteiger partial charge in [-0.3, -0.25) is 9.59 Å². The van der Waals surface area contributed by atoms with Gasteiger partial charge in [-0.1, -0.05) is 29.8 Å². The molecular weight excluding hydrogens is 430 g/mol. The second kappa shape index (κ2) is 9.29. The highest BCUT2D eigenvalue weighted by molar-refractivity contribution is 6.00. The first-order valence-corrected chi connectivity index (χ1v) is 11.9. The van der Waals surface area contributed by atoms with Crippen LogP contribution in [0, 0.1) is 12.8 Å². The number of anilines is 2. The number of rotatable bonds is 5. The van der Waals surface area contributed by atoms with Crippen LogP contribution in [-0.2, 0) is 16.0 Å². The summed E-state index contributed by atoms with van der Waals surface area (Å²) < 4.78 is 5.20. The molecule has 0 aliphatic carbocycles. The molecule has 0 bridgehead atoms. The quantitative estimate of drug-likeness (QED) is 0.582. The number of piperazine rings is 1. The summed E-state index contributed by atoms with van der Waals surface area (Å²) in [4.78, 5) is 36.0. The monoisotopic (exact) mass is 459 g/mol. The lowest BCUT2D eigenvalue weighted by Crippen LogP contribution is -2.50. The van der Waals surface area contributed by atoms with Gasteiger partial charge in [0, 0.05) is 62.5 Å². The highest BCUT2D eigenvalue weighted by Crippen LogP contribution is 2.28. The Balaban J connectivity index is 1.17. The number of amides is 2. The van der Waals surface area contributed by atoms with E-state index in [2.05, 4.69) is 27.2 Å². The summed E-state index contributed by atoms with van der Waals surface area (Å²) >= 11 is 0. The number of hydrogen-bond donors (Lipinski definition) is 0. The molecule has 0 spiro atoms. The van der Waals surface area contributed by atoms with Crippen molar-refractivity contribution in [3.05, 3.63) is 60.0 Å². The Bertz CT molecular complexity index is 1160. The third kappa shape index (κ3) is 4.40. The fourth-order valence-corrected chi connectivity index (χ4v) is 4.63. The normalized spacial score (nSPS) is 18.6. The third-order valence-corrected chi connectivity index (χ3v) is 6.67. The largest absolute Gasteiger partial charge is 0.368 e. The van der Waals surface area contributed by atoms with Gasteiger partial charge in [0.05, 0.1) is 5.92 Å². The average molecular weight is 460 g/mol. The van der Waals surface area contributed by atoms with Gasteiger partial charge in [0.25, 0.3) is 0 Å². The number of nitrogens with zero attached hydrogens (tertiary/aromatic N) is 5. The summed E-state index contributed by atoms with van der Waals surface area (Å²) in [5.41, 5.74) is 4.04. The lowest BCUT2D eigenvalue weighted by atomic mass is 10.1. The van der Waals surface area contributed by atoms with Crippen LogP contribution in [0.25, 0.3) is 11.4 Å². The van der Waals surface area contributed by atoms with E-state index < -0.39 is 0 Å². The molecule has 0 saturated carbocycles. The van der Waals surface area contributed by atoms with Crippen LogP contribution in [0.1, 0.15) is 24.8 Å². The molecule has 8 nitrogen and oxygen atoms in total. The summed E-state index contributed by atoms with van der Waals surface area (Å²) in [6.07, 6.45) is 0.997. The van der Waals surface area contributed by atoms with E-state index in [0.29, 0.717) is 37.8 Å². The van der Waals surface area contributed by atoms with Crippen molar-refractivity contribution in [1.29, 1.82) is 0 Å². The topological polar surface area (TPSA) is 82.8 Å². The predicted octanol–water partition coefficient (Wildman–Crippen LogP) is 3.31. The molecule has 1 atom stereocenters. The Kier molecular flexibility index (Phi) is 6.04. The van der Waals surface area contributed by atoms with Crippen LogP contribution >= 0.6 is 0 Å². The van der Waals surface area contributed by atoms with E-state index in [-0.39, 0.29) is 24.2 Å². The van der Waals surface area contributed by atoms with Gasteiger partial charge < -0.3 is 19.2 Å². The fraction of sp³-hybridized carbons (Fsp3) is 0.385. The number of aromatic nitrogens is 2. The summed E-state index contributed by atoms with van der Waals surface area (Å²) in [5, 5.41) is 4.03. The van der Waals surface area contributed by atoms with Crippen LogP contribution in [0.15, 0.2) is 53.1 Å². The molecule has 0 N–H and O–H groups in total. The van der Waals surface area contributed by atoms with Crippen LogP contribution in [0.2, 0.25) is 0 Å². The first kappa shape index (κ1) is 22.1. The minimum Gasteiger partial charge on any atom is -0.368 e. The molecule has 0 radical (unpaired) electrons.